The van der Waals surface area contributed by atoms with E-state index in [1.807, 2.05) is 13.8 Å². The van der Waals surface area contributed by atoms with Crippen LogP contribution >= 0.6 is 27.3 Å². The fourth-order valence-corrected chi connectivity index (χ4v) is 4.28. The Bertz CT molecular complexity index is 802. The van der Waals surface area contributed by atoms with Crippen LogP contribution in [0.2, 0.25) is 0 Å². The number of nitrogens with zero attached hydrogens (tertiary/aromatic N) is 1. The fraction of sp³-hybridized carbons (Fsp3) is 0.312. The van der Waals surface area contributed by atoms with Gasteiger partial charge in [-0.25, -0.2) is 0 Å². The second-order valence-electron chi connectivity index (χ2n) is 4.75. The van der Waals surface area contributed by atoms with Gasteiger partial charge in [0.2, 0.25) is 0 Å². The predicted octanol–water partition coefficient (Wildman–Crippen LogP) is 4.51. The number of rotatable bonds is 8. The highest BCUT2D eigenvalue weighted by molar-refractivity contribution is 9.10. The number of ether oxygens (including phenoxy) is 2. The zero-order valence-corrected chi connectivity index (χ0v) is 16.6. The molecule has 0 amide bonds. The van der Waals surface area contributed by atoms with Crippen molar-refractivity contribution in [1.29, 1.82) is 0 Å². The number of halogens is 1. The van der Waals surface area contributed by atoms with Crippen molar-refractivity contribution in [2.75, 3.05) is 13.2 Å². The van der Waals surface area contributed by atoms with Gasteiger partial charge in [0.1, 0.15) is 4.21 Å². The molecule has 130 valence electrons. The van der Waals surface area contributed by atoms with Gasteiger partial charge in [-0.05, 0) is 58.4 Å². The first-order valence-electron chi connectivity index (χ1n) is 7.41. The van der Waals surface area contributed by atoms with Crippen LogP contribution in [-0.2, 0) is 10.0 Å². The Morgan fingerprint density at radius 3 is 2.71 bits per heavy atom. The number of hydrogen-bond donors (Lipinski definition) is 0. The van der Waals surface area contributed by atoms with Crippen LogP contribution in [0.3, 0.4) is 0 Å². The van der Waals surface area contributed by atoms with Crippen molar-refractivity contribution < 1.29 is 17.9 Å². The van der Waals surface area contributed by atoms with E-state index in [1.165, 1.54) is 12.3 Å². The lowest BCUT2D eigenvalue weighted by Crippen LogP contribution is -2.02. The van der Waals surface area contributed by atoms with Gasteiger partial charge in [-0.3, -0.25) is 0 Å². The molecule has 24 heavy (non-hydrogen) atoms. The van der Waals surface area contributed by atoms with E-state index in [-0.39, 0.29) is 4.21 Å². The maximum absolute atomic E-state index is 12.1. The lowest BCUT2D eigenvalue weighted by Gasteiger charge is -2.14. The molecule has 0 aliphatic rings. The molecule has 8 heteroatoms. The summed E-state index contributed by atoms with van der Waals surface area (Å²) in [6.07, 6.45) is 2.19. The van der Waals surface area contributed by atoms with Crippen LogP contribution < -0.4 is 9.47 Å². The molecule has 2 aromatic rings. The molecule has 2 rings (SSSR count). The van der Waals surface area contributed by atoms with Crippen molar-refractivity contribution in [2.24, 2.45) is 4.40 Å². The van der Waals surface area contributed by atoms with Gasteiger partial charge in [-0.2, -0.15) is 12.8 Å². The van der Waals surface area contributed by atoms with Crippen LogP contribution in [0.4, 0.5) is 0 Å². The summed E-state index contributed by atoms with van der Waals surface area (Å²) >= 11 is 4.58. The zero-order valence-electron chi connectivity index (χ0n) is 13.4. The molecule has 0 bridgehead atoms. The van der Waals surface area contributed by atoms with E-state index in [4.69, 9.17) is 9.47 Å². The van der Waals surface area contributed by atoms with Gasteiger partial charge in [-0.1, -0.05) is 13.0 Å². The van der Waals surface area contributed by atoms with Gasteiger partial charge in [0.15, 0.2) is 11.5 Å². The minimum atomic E-state index is -3.68. The summed E-state index contributed by atoms with van der Waals surface area (Å²) in [5.41, 5.74) is 0.606. The van der Waals surface area contributed by atoms with E-state index in [9.17, 15) is 8.42 Å². The zero-order chi connectivity index (χ0) is 17.6. The molecule has 0 saturated carbocycles. The van der Waals surface area contributed by atoms with Crippen molar-refractivity contribution in [1.82, 2.24) is 0 Å². The van der Waals surface area contributed by atoms with E-state index in [2.05, 4.69) is 20.3 Å². The van der Waals surface area contributed by atoms with Crippen LogP contribution in [0.15, 0.2) is 42.7 Å². The molecule has 0 aliphatic carbocycles. The first-order chi connectivity index (χ1) is 11.5. The average Bonchev–Trinajstić information content (AvgIpc) is 3.08. The molecule has 0 N–H and O–H groups in total. The fourth-order valence-electron chi connectivity index (χ4n) is 1.86. The molecule has 1 aromatic heterocycles. The van der Waals surface area contributed by atoms with Crippen LogP contribution in [0.25, 0.3) is 0 Å². The minimum Gasteiger partial charge on any atom is -0.490 e. The second-order valence-corrected chi connectivity index (χ2v) is 8.41. The Balaban J connectivity index is 2.32. The van der Waals surface area contributed by atoms with E-state index in [1.54, 1.807) is 23.6 Å². The Labute approximate surface area is 154 Å². The summed E-state index contributed by atoms with van der Waals surface area (Å²) in [6.45, 7) is 4.94. The van der Waals surface area contributed by atoms with E-state index >= 15 is 0 Å². The third-order valence-corrected chi connectivity index (χ3v) is 6.07. The second kappa shape index (κ2) is 8.64. The highest BCUT2D eigenvalue weighted by Gasteiger charge is 2.14. The van der Waals surface area contributed by atoms with E-state index in [0.717, 1.165) is 17.8 Å². The molecule has 0 saturated heterocycles. The van der Waals surface area contributed by atoms with Crippen LogP contribution in [0.1, 0.15) is 25.8 Å². The Hall–Kier alpha value is -1.38. The maximum Gasteiger partial charge on any atom is 0.291 e. The summed E-state index contributed by atoms with van der Waals surface area (Å²) in [7, 11) is -3.68. The number of thiophene rings is 1. The Morgan fingerprint density at radius 2 is 2.08 bits per heavy atom. The van der Waals surface area contributed by atoms with Crippen molar-refractivity contribution in [3.8, 4) is 11.5 Å². The summed E-state index contributed by atoms with van der Waals surface area (Å²) < 4.78 is 40.2. The quantitative estimate of drug-likeness (QED) is 0.576. The monoisotopic (exact) mass is 431 g/mol. The topological polar surface area (TPSA) is 65.0 Å². The van der Waals surface area contributed by atoms with E-state index < -0.39 is 10.0 Å². The average molecular weight is 432 g/mol. The SMILES string of the molecule is CCCOc1c(Br)cc(/C=N\S(=O)(=O)c2cccs2)cc1OCC. The number of benzene rings is 1. The molecular weight excluding hydrogens is 414 g/mol. The predicted molar refractivity (Wildman–Crippen MR) is 100 cm³/mol. The summed E-state index contributed by atoms with van der Waals surface area (Å²) in [6, 6.07) is 6.67. The lowest BCUT2D eigenvalue weighted by atomic mass is 10.2. The smallest absolute Gasteiger partial charge is 0.291 e. The number of hydrogen-bond acceptors (Lipinski definition) is 5. The Kier molecular flexibility index (Phi) is 6.82. The minimum absolute atomic E-state index is 0.214. The van der Waals surface area contributed by atoms with Gasteiger partial charge in [0.05, 0.1) is 17.7 Å². The van der Waals surface area contributed by atoms with Crippen molar-refractivity contribution in [3.63, 3.8) is 0 Å². The molecule has 1 heterocycles. The lowest BCUT2D eigenvalue weighted by molar-refractivity contribution is 0.275. The Morgan fingerprint density at radius 1 is 1.29 bits per heavy atom. The van der Waals surface area contributed by atoms with Gasteiger partial charge in [-0.15, -0.1) is 11.3 Å². The molecule has 0 fully saturated rings. The molecule has 1 aromatic carbocycles. The summed E-state index contributed by atoms with van der Waals surface area (Å²) in [4.78, 5) is 0. The van der Waals surface area contributed by atoms with Gasteiger partial charge >= 0.3 is 0 Å². The third-order valence-electron chi connectivity index (χ3n) is 2.87. The first-order valence-corrected chi connectivity index (χ1v) is 10.5. The third kappa shape index (κ3) is 4.81. The van der Waals surface area contributed by atoms with Gasteiger partial charge in [0, 0.05) is 6.21 Å². The normalized spacial score (nSPS) is 11.8. The van der Waals surface area contributed by atoms with Crippen LogP contribution in [-0.4, -0.2) is 27.8 Å². The molecule has 0 radical (unpaired) electrons. The molecule has 0 aliphatic heterocycles. The van der Waals surface area contributed by atoms with E-state index in [0.29, 0.717) is 34.7 Å². The van der Waals surface area contributed by atoms with Crippen molar-refractivity contribution in [2.45, 2.75) is 24.5 Å². The standard InChI is InChI=1S/C16H18BrNO4S2/c1-3-7-22-16-13(17)9-12(10-14(16)21-4-2)11-18-24(19,20)15-6-5-8-23-15/h5-6,8-11H,3-4,7H2,1-2H3/b18-11-. The highest BCUT2D eigenvalue weighted by Crippen LogP contribution is 2.36. The summed E-state index contributed by atoms with van der Waals surface area (Å²) in [5.74, 6) is 1.16. The highest BCUT2D eigenvalue weighted by atomic mass is 79.9. The summed E-state index contributed by atoms with van der Waals surface area (Å²) in [5, 5.41) is 1.70. The largest absolute Gasteiger partial charge is 0.490 e. The molecule has 0 unspecified atom stereocenters. The van der Waals surface area contributed by atoms with Crippen molar-refractivity contribution in [3.05, 3.63) is 39.7 Å². The van der Waals surface area contributed by atoms with Crippen molar-refractivity contribution >= 4 is 43.5 Å². The van der Waals surface area contributed by atoms with Crippen LogP contribution in [0, 0.1) is 0 Å². The first kappa shape index (κ1) is 19.0. The molecule has 0 spiro atoms. The maximum atomic E-state index is 12.1. The van der Waals surface area contributed by atoms with Crippen LogP contribution in [0.5, 0.6) is 11.5 Å². The molecule has 5 nitrogen and oxygen atoms in total. The number of sulfonamides is 1. The molecule has 0 atom stereocenters. The molecular formula is C16H18BrNO4S2. The van der Waals surface area contributed by atoms with Gasteiger partial charge < -0.3 is 9.47 Å². The van der Waals surface area contributed by atoms with Gasteiger partial charge in [0.25, 0.3) is 10.0 Å².